The fourth-order valence-electron chi connectivity index (χ4n) is 1.53. The standard InChI is InChI=1S/C13H16F2N2O3/c1-2-20-13(19)11(16)12(18)17-4-3-8-5-9(14)7-10(15)6-8/h5-7,11H,2-4,16H2,1H3,(H,17,18). The zero-order valence-corrected chi connectivity index (χ0v) is 11.0. The maximum absolute atomic E-state index is 12.9. The molecule has 1 aromatic rings. The first-order valence-electron chi connectivity index (χ1n) is 6.09. The second kappa shape index (κ2) is 7.54. The molecule has 0 bridgehead atoms. The van der Waals surface area contributed by atoms with Gasteiger partial charge in [0, 0.05) is 12.6 Å². The molecule has 1 amide bonds. The van der Waals surface area contributed by atoms with Crippen LogP contribution in [0.4, 0.5) is 8.78 Å². The number of carbonyl (C=O) groups excluding carboxylic acids is 2. The number of hydrogen-bond donors (Lipinski definition) is 2. The maximum atomic E-state index is 12.9. The molecule has 7 heteroatoms. The van der Waals surface area contributed by atoms with Crippen molar-refractivity contribution in [3.63, 3.8) is 0 Å². The van der Waals surface area contributed by atoms with E-state index in [1.165, 1.54) is 12.1 Å². The van der Waals surface area contributed by atoms with Gasteiger partial charge < -0.3 is 15.8 Å². The van der Waals surface area contributed by atoms with Crippen LogP contribution in [0.3, 0.4) is 0 Å². The summed E-state index contributed by atoms with van der Waals surface area (Å²) in [6.45, 7) is 1.83. The molecule has 110 valence electrons. The molecule has 20 heavy (non-hydrogen) atoms. The number of amides is 1. The highest BCUT2D eigenvalue weighted by atomic mass is 19.1. The highest BCUT2D eigenvalue weighted by Crippen LogP contribution is 2.08. The Kier molecular flexibility index (Phi) is 6.05. The Hall–Kier alpha value is -2.02. The molecule has 0 radical (unpaired) electrons. The maximum Gasteiger partial charge on any atom is 0.332 e. The average molecular weight is 286 g/mol. The first-order valence-corrected chi connectivity index (χ1v) is 6.09. The van der Waals surface area contributed by atoms with Crippen LogP contribution >= 0.6 is 0 Å². The molecule has 0 saturated carbocycles. The third kappa shape index (κ3) is 4.93. The van der Waals surface area contributed by atoms with Gasteiger partial charge >= 0.3 is 5.97 Å². The molecule has 0 heterocycles. The minimum absolute atomic E-state index is 0.106. The van der Waals surface area contributed by atoms with Gasteiger partial charge in [0.1, 0.15) is 11.6 Å². The van der Waals surface area contributed by atoms with E-state index in [9.17, 15) is 18.4 Å². The summed E-state index contributed by atoms with van der Waals surface area (Å²) in [5, 5.41) is 2.40. The van der Waals surface area contributed by atoms with Crippen molar-refractivity contribution in [2.75, 3.05) is 13.2 Å². The van der Waals surface area contributed by atoms with Gasteiger partial charge in [-0.05, 0) is 31.0 Å². The number of ether oxygens (including phenoxy) is 1. The van der Waals surface area contributed by atoms with Crippen LogP contribution in [0.15, 0.2) is 18.2 Å². The van der Waals surface area contributed by atoms with E-state index in [0.29, 0.717) is 5.56 Å². The predicted molar refractivity (Wildman–Crippen MR) is 67.7 cm³/mol. The summed E-state index contributed by atoms with van der Waals surface area (Å²) < 4.78 is 30.4. The summed E-state index contributed by atoms with van der Waals surface area (Å²) in [7, 11) is 0. The monoisotopic (exact) mass is 286 g/mol. The molecular formula is C13H16F2N2O3. The lowest BCUT2D eigenvalue weighted by Crippen LogP contribution is -2.47. The Labute approximate surface area is 115 Å². The lowest BCUT2D eigenvalue weighted by Gasteiger charge is -2.11. The third-order valence-corrected chi connectivity index (χ3v) is 2.46. The molecule has 1 rings (SSSR count). The van der Waals surface area contributed by atoms with Crippen molar-refractivity contribution in [1.29, 1.82) is 0 Å². The van der Waals surface area contributed by atoms with Gasteiger partial charge in [0.2, 0.25) is 5.91 Å². The molecular weight excluding hydrogens is 270 g/mol. The Balaban J connectivity index is 2.43. The van der Waals surface area contributed by atoms with Gasteiger partial charge in [0.25, 0.3) is 0 Å². The van der Waals surface area contributed by atoms with E-state index in [2.05, 4.69) is 10.1 Å². The molecule has 0 aromatic heterocycles. The quantitative estimate of drug-likeness (QED) is 0.590. The van der Waals surface area contributed by atoms with Crippen molar-refractivity contribution >= 4 is 11.9 Å². The molecule has 0 aliphatic heterocycles. The Morgan fingerprint density at radius 2 is 1.90 bits per heavy atom. The van der Waals surface area contributed by atoms with Crippen LogP contribution in [0, 0.1) is 11.6 Å². The first-order chi connectivity index (χ1) is 9.43. The van der Waals surface area contributed by atoms with E-state index < -0.39 is 29.6 Å². The third-order valence-electron chi connectivity index (χ3n) is 2.46. The molecule has 1 aromatic carbocycles. The summed E-state index contributed by atoms with van der Waals surface area (Å²) in [5.74, 6) is -2.88. The van der Waals surface area contributed by atoms with Crippen LogP contribution in [-0.2, 0) is 20.7 Å². The van der Waals surface area contributed by atoms with Crippen LogP contribution in [-0.4, -0.2) is 31.1 Å². The van der Waals surface area contributed by atoms with Crippen LogP contribution in [0.5, 0.6) is 0 Å². The lowest BCUT2D eigenvalue weighted by molar-refractivity contribution is -0.147. The van der Waals surface area contributed by atoms with E-state index >= 15 is 0 Å². The number of benzene rings is 1. The summed E-state index contributed by atoms with van der Waals surface area (Å²) in [6, 6.07) is 1.69. The van der Waals surface area contributed by atoms with E-state index in [4.69, 9.17) is 5.73 Å². The summed E-state index contributed by atoms with van der Waals surface area (Å²) >= 11 is 0. The number of esters is 1. The SMILES string of the molecule is CCOC(=O)C(N)C(=O)NCCc1cc(F)cc(F)c1. The fourth-order valence-corrected chi connectivity index (χ4v) is 1.53. The van der Waals surface area contributed by atoms with Gasteiger partial charge in [-0.2, -0.15) is 0 Å². The average Bonchev–Trinajstić information content (AvgIpc) is 2.36. The van der Waals surface area contributed by atoms with Crippen LogP contribution in [0.2, 0.25) is 0 Å². The smallest absolute Gasteiger partial charge is 0.332 e. The van der Waals surface area contributed by atoms with Gasteiger partial charge in [0.05, 0.1) is 6.61 Å². The second-order valence-corrected chi connectivity index (χ2v) is 4.05. The molecule has 0 saturated heterocycles. The van der Waals surface area contributed by atoms with Gasteiger partial charge in [0.15, 0.2) is 6.04 Å². The van der Waals surface area contributed by atoms with Crippen LogP contribution in [0.25, 0.3) is 0 Å². The number of halogens is 2. The van der Waals surface area contributed by atoms with Gasteiger partial charge in [-0.15, -0.1) is 0 Å². The summed E-state index contributed by atoms with van der Waals surface area (Å²) in [4.78, 5) is 22.7. The Morgan fingerprint density at radius 3 is 2.45 bits per heavy atom. The largest absolute Gasteiger partial charge is 0.464 e. The molecule has 0 fully saturated rings. The van der Waals surface area contributed by atoms with E-state index in [1.54, 1.807) is 6.92 Å². The second-order valence-electron chi connectivity index (χ2n) is 4.05. The normalized spacial score (nSPS) is 11.8. The summed E-state index contributed by atoms with van der Waals surface area (Å²) in [6.07, 6.45) is 0.218. The van der Waals surface area contributed by atoms with Gasteiger partial charge in [-0.25, -0.2) is 13.6 Å². The van der Waals surface area contributed by atoms with Crippen molar-refractivity contribution in [3.05, 3.63) is 35.4 Å². The minimum Gasteiger partial charge on any atom is -0.464 e. The van der Waals surface area contributed by atoms with Crippen molar-refractivity contribution in [2.24, 2.45) is 5.73 Å². The van der Waals surface area contributed by atoms with Crippen molar-refractivity contribution in [1.82, 2.24) is 5.32 Å². The molecule has 1 unspecified atom stereocenters. The van der Waals surface area contributed by atoms with E-state index in [-0.39, 0.29) is 19.6 Å². The first kappa shape index (κ1) is 16.0. The van der Waals surface area contributed by atoms with E-state index in [0.717, 1.165) is 6.07 Å². The molecule has 3 N–H and O–H groups in total. The van der Waals surface area contributed by atoms with Gasteiger partial charge in [-0.3, -0.25) is 4.79 Å². The Bertz CT molecular complexity index is 474. The van der Waals surface area contributed by atoms with Crippen molar-refractivity contribution in [3.8, 4) is 0 Å². The van der Waals surface area contributed by atoms with Crippen LogP contribution in [0.1, 0.15) is 12.5 Å². The number of nitrogens with two attached hydrogens (primary N) is 1. The van der Waals surface area contributed by atoms with Crippen molar-refractivity contribution < 1.29 is 23.1 Å². The number of nitrogens with one attached hydrogen (secondary N) is 1. The Morgan fingerprint density at radius 1 is 1.30 bits per heavy atom. The zero-order valence-electron chi connectivity index (χ0n) is 11.0. The molecule has 5 nitrogen and oxygen atoms in total. The van der Waals surface area contributed by atoms with E-state index in [1.807, 2.05) is 0 Å². The molecule has 1 atom stereocenters. The topological polar surface area (TPSA) is 81.4 Å². The minimum atomic E-state index is -1.40. The summed E-state index contributed by atoms with van der Waals surface area (Å²) in [5.41, 5.74) is 5.76. The highest BCUT2D eigenvalue weighted by Gasteiger charge is 2.22. The number of hydrogen-bond acceptors (Lipinski definition) is 4. The number of rotatable bonds is 6. The molecule has 0 aliphatic rings. The fraction of sp³-hybridized carbons (Fsp3) is 0.385. The highest BCUT2D eigenvalue weighted by molar-refractivity contribution is 6.01. The van der Waals surface area contributed by atoms with Gasteiger partial charge in [-0.1, -0.05) is 0 Å². The zero-order chi connectivity index (χ0) is 15.1. The molecule has 0 spiro atoms. The number of carbonyl (C=O) groups is 2. The lowest BCUT2D eigenvalue weighted by atomic mass is 10.1. The predicted octanol–water partition coefficient (Wildman–Crippen LogP) is 0.514. The van der Waals surface area contributed by atoms with Crippen molar-refractivity contribution in [2.45, 2.75) is 19.4 Å². The molecule has 0 aliphatic carbocycles. The van der Waals surface area contributed by atoms with Crippen LogP contribution < -0.4 is 11.1 Å².